The second-order valence-electron chi connectivity index (χ2n) is 4.51. The van der Waals surface area contributed by atoms with Crippen molar-refractivity contribution in [3.05, 3.63) is 0 Å². The highest BCUT2D eigenvalue weighted by atomic mass is 16.2. The summed E-state index contributed by atoms with van der Waals surface area (Å²) in [4.78, 5) is 25.5. The maximum Gasteiger partial charge on any atom is 0.237 e. The van der Waals surface area contributed by atoms with E-state index in [9.17, 15) is 9.59 Å². The average molecular weight is 194 g/mol. The number of amides is 2. The molecule has 0 aromatic heterocycles. The van der Waals surface area contributed by atoms with Crippen LogP contribution in [0.3, 0.4) is 0 Å². The summed E-state index contributed by atoms with van der Waals surface area (Å²) in [5, 5.41) is 2.95. The normalized spacial score (nSPS) is 37.0. The Kier molecular flexibility index (Phi) is 1.60. The Morgan fingerprint density at radius 3 is 2.71 bits per heavy atom. The molecule has 4 heteroatoms. The van der Waals surface area contributed by atoms with E-state index < -0.39 is 0 Å². The lowest BCUT2D eigenvalue weighted by Crippen LogP contribution is -2.59. The summed E-state index contributed by atoms with van der Waals surface area (Å²) in [7, 11) is 0. The molecule has 1 saturated carbocycles. The highest BCUT2D eigenvalue weighted by molar-refractivity contribution is 6.03. The number of nitrogens with one attached hydrogen (secondary N) is 1. The molecule has 0 bridgehead atoms. The molecule has 3 fully saturated rings. The average Bonchev–Trinajstić information content (AvgIpc) is 2.84. The SMILES string of the molecule is O=C1NC2CCCN2C(=O)C1C1CC1. The number of fused-ring (bicyclic) bond motifs is 1. The van der Waals surface area contributed by atoms with E-state index in [-0.39, 0.29) is 23.9 Å². The lowest BCUT2D eigenvalue weighted by Gasteiger charge is -2.34. The molecule has 2 atom stereocenters. The highest BCUT2D eigenvalue weighted by Crippen LogP contribution is 2.40. The van der Waals surface area contributed by atoms with Crippen LogP contribution in [0, 0.1) is 11.8 Å². The standard InChI is InChI=1S/C10H14N2O2/c13-9-8(6-3-4-6)10(14)12-5-1-2-7(12)11-9/h6-8H,1-5H2,(H,11,13). The molecule has 2 saturated heterocycles. The molecule has 1 aliphatic carbocycles. The zero-order valence-electron chi connectivity index (χ0n) is 8.03. The minimum Gasteiger partial charge on any atom is -0.335 e. The second kappa shape index (κ2) is 2.72. The fourth-order valence-corrected chi connectivity index (χ4v) is 2.57. The van der Waals surface area contributed by atoms with Crippen LogP contribution in [-0.4, -0.2) is 29.4 Å². The summed E-state index contributed by atoms with van der Waals surface area (Å²) >= 11 is 0. The van der Waals surface area contributed by atoms with Crippen molar-refractivity contribution in [3.63, 3.8) is 0 Å². The van der Waals surface area contributed by atoms with Crippen molar-refractivity contribution >= 4 is 11.8 Å². The van der Waals surface area contributed by atoms with Crippen molar-refractivity contribution in [2.45, 2.75) is 31.8 Å². The van der Waals surface area contributed by atoms with Gasteiger partial charge in [-0.3, -0.25) is 9.59 Å². The van der Waals surface area contributed by atoms with Crippen molar-refractivity contribution in [2.75, 3.05) is 6.54 Å². The summed E-state index contributed by atoms with van der Waals surface area (Å²) < 4.78 is 0. The summed E-state index contributed by atoms with van der Waals surface area (Å²) in [5.74, 6) is 0.0350. The molecular weight excluding hydrogens is 180 g/mol. The quantitative estimate of drug-likeness (QED) is 0.601. The first-order chi connectivity index (χ1) is 6.77. The van der Waals surface area contributed by atoms with E-state index >= 15 is 0 Å². The summed E-state index contributed by atoms with van der Waals surface area (Å²) in [6.07, 6.45) is 4.04. The van der Waals surface area contributed by atoms with Crippen LogP contribution in [0.15, 0.2) is 0 Å². The number of carbonyl (C=O) groups is 2. The van der Waals surface area contributed by atoms with Crippen LogP contribution in [0.1, 0.15) is 25.7 Å². The number of rotatable bonds is 1. The Labute approximate surface area is 82.6 Å². The molecule has 4 nitrogen and oxygen atoms in total. The van der Waals surface area contributed by atoms with Crippen LogP contribution in [0.5, 0.6) is 0 Å². The smallest absolute Gasteiger partial charge is 0.237 e. The number of hydrogen-bond donors (Lipinski definition) is 1. The molecule has 0 aromatic carbocycles. The highest BCUT2D eigenvalue weighted by Gasteiger charge is 2.49. The van der Waals surface area contributed by atoms with Gasteiger partial charge in [-0.25, -0.2) is 0 Å². The first-order valence-electron chi connectivity index (χ1n) is 5.38. The second-order valence-corrected chi connectivity index (χ2v) is 4.51. The predicted octanol–water partition coefficient (Wildman–Crippen LogP) is 0.0909. The van der Waals surface area contributed by atoms with Gasteiger partial charge in [0.05, 0.1) is 0 Å². The Balaban J connectivity index is 1.86. The summed E-state index contributed by atoms with van der Waals surface area (Å²) in [6.45, 7) is 0.826. The minimum absolute atomic E-state index is 0.00463. The van der Waals surface area contributed by atoms with E-state index in [2.05, 4.69) is 5.32 Å². The molecule has 2 amide bonds. The lowest BCUT2D eigenvalue weighted by molar-refractivity contribution is -0.150. The third-order valence-corrected chi connectivity index (χ3v) is 3.49. The molecule has 0 aromatic rings. The Morgan fingerprint density at radius 1 is 1.21 bits per heavy atom. The number of nitrogens with zero attached hydrogens (tertiary/aromatic N) is 1. The maximum absolute atomic E-state index is 12.0. The van der Waals surface area contributed by atoms with Crippen molar-refractivity contribution in [1.82, 2.24) is 10.2 Å². The zero-order chi connectivity index (χ0) is 9.71. The summed E-state index contributed by atoms with van der Waals surface area (Å²) in [6, 6.07) is 0. The van der Waals surface area contributed by atoms with Gasteiger partial charge in [0.25, 0.3) is 0 Å². The van der Waals surface area contributed by atoms with Crippen molar-refractivity contribution in [3.8, 4) is 0 Å². The Morgan fingerprint density at radius 2 is 2.00 bits per heavy atom. The van der Waals surface area contributed by atoms with Crippen LogP contribution >= 0.6 is 0 Å². The fraction of sp³-hybridized carbons (Fsp3) is 0.800. The number of hydrogen-bond acceptors (Lipinski definition) is 2. The zero-order valence-corrected chi connectivity index (χ0v) is 8.03. The van der Waals surface area contributed by atoms with E-state index in [1.807, 2.05) is 4.90 Å². The van der Waals surface area contributed by atoms with E-state index in [0.717, 1.165) is 32.2 Å². The van der Waals surface area contributed by atoms with E-state index in [1.165, 1.54) is 0 Å². The van der Waals surface area contributed by atoms with Crippen molar-refractivity contribution < 1.29 is 9.59 Å². The van der Waals surface area contributed by atoms with Crippen LogP contribution in [-0.2, 0) is 9.59 Å². The first-order valence-corrected chi connectivity index (χ1v) is 5.38. The van der Waals surface area contributed by atoms with Crippen LogP contribution < -0.4 is 5.32 Å². The van der Waals surface area contributed by atoms with Crippen LogP contribution in [0.2, 0.25) is 0 Å². The van der Waals surface area contributed by atoms with Gasteiger partial charge < -0.3 is 10.2 Å². The number of carbonyl (C=O) groups excluding carboxylic acids is 2. The molecule has 0 spiro atoms. The predicted molar refractivity (Wildman–Crippen MR) is 49.1 cm³/mol. The minimum atomic E-state index is -0.357. The van der Waals surface area contributed by atoms with Gasteiger partial charge in [0.2, 0.25) is 11.8 Å². The van der Waals surface area contributed by atoms with Gasteiger partial charge in [0.15, 0.2) is 0 Å². The molecule has 2 aliphatic heterocycles. The first kappa shape index (κ1) is 8.26. The lowest BCUT2D eigenvalue weighted by atomic mass is 9.98. The summed E-state index contributed by atoms with van der Waals surface area (Å²) in [5.41, 5.74) is 0. The topological polar surface area (TPSA) is 49.4 Å². The van der Waals surface area contributed by atoms with Gasteiger partial charge in [-0.2, -0.15) is 0 Å². The molecule has 76 valence electrons. The van der Waals surface area contributed by atoms with Crippen molar-refractivity contribution in [2.24, 2.45) is 11.8 Å². The molecular formula is C10H14N2O2. The Bertz CT molecular complexity index is 298. The third-order valence-electron chi connectivity index (χ3n) is 3.49. The van der Waals surface area contributed by atoms with Gasteiger partial charge in [-0.05, 0) is 31.6 Å². The monoisotopic (exact) mass is 194 g/mol. The van der Waals surface area contributed by atoms with E-state index in [1.54, 1.807) is 0 Å². The largest absolute Gasteiger partial charge is 0.335 e. The van der Waals surface area contributed by atoms with Crippen LogP contribution in [0.4, 0.5) is 0 Å². The molecule has 0 radical (unpaired) electrons. The maximum atomic E-state index is 12.0. The van der Waals surface area contributed by atoms with Crippen molar-refractivity contribution in [1.29, 1.82) is 0 Å². The Hall–Kier alpha value is -1.06. The van der Waals surface area contributed by atoms with E-state index in [0.29, 0.717) is 5.92 Å². The molecule has 2 heterocycles. The molecule has 1 N–H and O–H groups in total. The molecule has 3 aliphatic rings. The molecule has 2 unspecified atom stereocenters. The van der Waals surface area contributed by atoms with Gasteiger partial charge in [0.1, 0.15) is 12.1 Å². The third kappa shape index (κ3) is 1.06. The molecule has 3 rings (SSSR count). The van der Waals surface area contributed by atoms with Gasteiger partial charge in [0, 0.05) is 6.54 Å². The van der Waals surface area contributed by atoms with Crippen LogP contribution in [0.25, 0.3) is 0 Å². The van der Waals surface area contributed by atoms with Gasteiger partial charge in [-0.15, -0.1) is 0 Å². The van der Waals surface area contributed by atoms with Gasteiger partial charge >= 0.3 is 0 Å². The van der Waals surface area contributed by atoms with E-state index in [4.69, 9.17) is 0 Å². The van der Waals surface area contributed by atoms with Gasteiger partial charge in [-0.1, -0.05) is 0 Å². The fourth-order valence-electron chi connectivity index (χ4n) is 2.57. The molecule has 14 heavy (non-hydrogen) atoms.